The van der Waals surface area contributed by atoms with Gasteiger partial charge in [0.1, 0.15) is 29.6 Å². The van der Waals surface area contributed by atoms with Crippen LogP contribution in [0.15, 0.2) is 24.5 Å². The average Bonchev–Trinajstić information content (AvgIpc) is 2.66. The van der Waals surface area contributed by atoms with Crippen molar-refractivity contribution in [1.29, 1.82) is 5.26 Å². The van der Waals surface area contributed by atoms with Gasteiger partial charge >= 0.3 is 0 Å². The van der Waals surface area contributed by atoms with Crippen LogP contribution in [0.4, 0.5) is 17.3 Å². The highest BCUT2D eigenvalue weighted by molar-refractivity contribution is 6.35. The number of carbonyl (C=O) groups is 1. The van der Waals surface area contributed by atoms with Gasteiger partial charge in [0.05, 0.1) is 6.54 Å². The SMILES string of the molecule is N#Cc1c(N)ncnc1N[C@H]1CCCN(C(=O)CNc2cc(Cl)cc(Cl)c2)C1. The van der Waals surface area contributed by atoms with E-state index in [1.807, 2.05) is 6.07 Å². The zero-order valence-electron chi connectivity index (χ0n) is 15.0. The number of amides is 1. The van der Waals surface area contributed by atoms with Gasteiger partial charge < -0.3 is 21.3 Å². The number of hydrogen-bond donors (Lipinski definition) is 3. The van der Waals surface area contributed by atoms with E-state index in [-0.39, 0.29) is 29.9 Å². The van der Waals surface area contributed by atoms with Crippen LogP contribution in [0.5, 0.6) is 0 Å². The Hall–Kier alpha value is -2.76. The van der Waals surface area contributed by atoms with Gasteiger partial charge in [0.15, 0.2) is 0 Å². The number of anilines is 3. The number of nitrogens with one attached hydrogen (secondary N) is 2. The zero-order chi connectivity index (χ0) is 20.1. The molecule has 1 fully saturated rings. The maximum atomic E-state index is 12.6. The molecule has 146 valence electrons. The van der Waals surface area contributed by atoms with Crippen molar-refractivity contribution in [1.82, 2.24) is 14.9 Å². The van der Waals surface area contributed by atoms with E-state index in [1.54, 1.807) is 23.1 Å². The van der Waals surface area contributed by atoms with E-state index >= 15 is 0 Å². The third kappa shape index (κ3) is 4.94. The molecule has 1 aliphatic rings. The lowest BCUT2D eigenvalue weighted by molar-refractivity contribution is -0.130. The van der Waals surface area contributed by atoms with Crippen LogP contribution in [0.2, 0.25) is 10.0 Å². The Bertz CT molecular complexity index is 895. The fourth-order valence-corrected chi connectivity index (χ4v) is 3.61. The minimum absolute atomic E-state index is 0.0280. The Labute approximate surface area is 172 Å². The molecular formula is C18H19Cl2N7O. The van der Waals surface area contributed by atoms with Crippen LogP contribution in [-0.4, -0.2) is 46.5 Å². The number of nitrogen functional groups attached to an aromatic ring is 1. The van der Waals surface area contributed by atoms with Gasteiger partial charge in [-0.15, -0.1) is 0 Å². The van der Waals surface area contributed by atoms with Crippen molar-refractivity contribution in [3.05, 3.63) is 40.1 Å². The number of rotatable bonds is 5. The predicted molar refractivity (Wildman–Crippen MR) is 109 cm³/mol. The number of nitrogens with zero attached hydrogens (tertiary/aromatic N) is 4. The summed E-state index contributed by atoms with van der Waals surface area (Å²) in [7, 11) is 0. The number of benzene rings is 1. The van der Waals surface area contributed by atoms with Crippen molar-refractivity contribution < 1.29 is 4.79 Å². The zero-order valence-corrected chi connectivity index (χ0v) is 16.5. The average molecular weight is 420 g/mol. The van der Waals surface area contributed by atoms with Gasteiger partial charge in [0.25, 0.3) is 0 Å². The minimum Gasteiger partial charge on any atom is -0.382 e. The normalized spacial score (nSPS) is 16.3. The van der Waals surface area contributed by atoms with E-state index in [4.69, 9.17) is 28.9 Å². The lowest BCUT2D eigenvalue weighted by atomic mass is 10.1. The van der Waals surface area contributed by atoms with E-state index in [1.165, 1.54) is 6.33 Å². The summed E-state index contributed by atoms with van der Waals surface area (Å²) in [6.07, 6.45) is 3.01. The first kappa shape index (κ1) is 20.0. The molecule has 10 heteroatoms. The Morgan fingerprint density at radius 3 is 2.79 bits per heavy atom. The fraction of sp³-hybridized carbons (Fsp3) is 0.333. The molecule has 1 saturated heterocycles. The third-order valence-corrected chi connectivity index (χ3v) is 4.85. The Morgan fingerprint density at radius 1 is 1.32 bits per heavy atom. The number of aromatic nitrogens is 2. The summed E-state index contributed by atoms with van der Waals surface area (Å²) in [4.78, 5) is 22.3. The number of nitriles is 1. The van der Waals surface area contributed by atoms with E-state index < -0.39 is 0 Å². The van der Waals surface area contributed by atoms with Gasteiger partial charge in [-0.2, -0.15) is 5.26 Å². The lowest BCUT2D eigenvalue weighted by Crippen LogP contribution is -2.47. The smallest absolute Gasteiger partial charge is 0.241 e. The van der Waals surface area contributed by atoms with Crippen molar-refractivity contribution in [2.75, 3.05) is 36.0 Å². The molecule has 0 radical (unpaired) electrons. The van der Waals surface area contributed by atoms with Crippen LogP contribution in [0.25, 0.3) is 0 Å². The summed E-state index contributed by atoms with van der Waals surface area (Å²) in [5.41, 5.74) is 6.62. The monoisotopic (exact) mass is 419 g/mol. The maximum absolute atomic E-state index is 12.6. The predicted octanol–water partition coefficient (Wildman–Crippen LogP) is 2.75. The summed E-state index contributed by atoms with van der Waals surface area (Å²) >= 11 is 12.0. The van der Waals surface area contributed by atoms with Crippen molar-refractivity contribution in [2.45, 2.75) is 18.9 Å². The number of halogens is 2. The molecule has 0 spiro atoms. The molecule has 2 heterocycles. The molecule has 1 atom stereocenters. The van der Waals surface area contributed by atoms with E-state index in [2.05, 4.69) is 20.6 Å². The molecule has 1 aromatic heterocycles. The van der Waals surface area contributed by atoms with E-state index in [0.717, 1.165) is 12.8 Å². The van der Waals surface area contributed by atoms with Crippen LogP contribution in [0.1, 0.15) is 18.4 Å². The molecule has 1 amide bonds. The molecular weight excluding hydrogens is 401 g/mol. The lowest BCUT2D eigenvalue weighted by Gasteiger charge is -2.33. The molecule has 1 aromatic carbocycles. The van der Waals surface area contributed by atoms with Crippen molar-refractivity contribution in [3.8, 4) is 6.07 Å². The van der Waals surface area contributed by atoms with Crippen LogP contribution >= 0.6 is 23.2 Å². The summed E-state index contributed by atoms with van der Waals surface area (Å²) in [6, 6.07) is 7.04. The number of carbonyl (C=O) groups excluding carboxylic acids is 1. The molecule has 0 bridgehead atoms. The first-order chi connectivity index (χ1) is 13.5. The van der Waals surface area contributed by atoms with Crippen LogP contribution < -0.4 is 16.4 Å². The first-order valence-electron chi connectivity index (χ1n) is 8.71. The van der Waals surface area contributed by atoms with Crippen LogP contribution in [0, 0.1) is 11.3 Å². The van der Waals surface area contributed by atoms with Gasteiger partial charge in [-0.25, -0.2) is 9.97 Å². The Kier molecular flexibility index (Phi) is 6.39. The number of likely N-dealkylation sites (tertiary alicyclic amines) is 1. The second-order valence-electron chi connectivity index (χ2n) is 6.43. The van der Waals surface area contributed by atoms with Gasteiger partial charge in [-0.1, -0.05) is 23.2 Å². The highest BCUT2D eigenvalue weighted by atomic mass is 35.5. The maximum Gasteiger partial charge on any atom is 0.241 e. The molecule has 0 saturated carbocycles. The minimum atomic E-state index is -0.0368. The molecule has 28 heavy (non-hydrogen) atoms. The fourth-order valence-electron chi connectivity index (χ4n) is 3.08. The van der Waals surface area contributed by atoms with Crippen molar-refractivity contribution in [2.24, 2.45) is 0 Å². The second kappa shape index (κ2) is 8.95. The van der Waals surface area contributed by atoms with Crippen LogP contribution in [-0.2, 0) is 4.79 Å². The Balaban J connectivity index is 1.59. The summed E-state index contributed by atoms with van der Waals surface area (Å²) in [5, 5.41) is 16.5. The highest BCUT2D eigenvalue weighted by Crippen LogP contribution is 2.23. The topological polar surface area (TPSA) is 120 Å². The van der Waals surface area contributed by atoms with E-state index in [9.17, 15) is 10.1 Å². The second-order valence-corrected chi connectivity index (χ2v) is 7.30. The van der Waals surface area contributed by atoms with Gasteiger partial charge in [0.2, 0.25) is 5.91 Å². The summed E-state index contributed by atoms with van der Waals surface area (Å²) in [6.45, 7) is 1.31. The van der Waals surface area contributed by atoms with Gasteiger partial charge in [-0.3, -0.25) is 4.79 Å². The van der Waals surface area contributed by atoms with Crippen molar-refractivity contribution in [3.63, 3.8) is 0 Å². The highest BCUT2D eigenvalue weighted by Gasteiger charge is 2.24. The van der Waals surface area contributed by atoms with Crippen LogP contribution in [0.3, 0.4) is 0 Å². The van der Waals surface area contributed by atoms with Crippen molar-refractivity contribution >= 4 is 46.4 Å². The molecule has 3 rings (SSSR count). The summed E-state index contributed by atoms with van der Waals surface area (Å²) in [5.74, 6) is 0.486. The first-order valence-corrected chi connectivity index (χ1v) is 9.46. The van der Waals surface area contributed by atoms with E-state index in [0.29, 0.717) is 34.6 Å². The number of nitrogens with two attached hydrogens (primary N) is 1. The quantitative estimate of drug-likeness (QED) is 0.680. The molecule has 2 aromatic rings. The molecule has 0 aliphatic carbocycles. The molecule has 0 unspecified atom stereocenters. The molecule has 4 N–H and O–H groups in total. The molecule has 8 nitrogen and oxygen atoms in total. The summed E-state index contributed by atoms with van der Waals surface area (Å²) < 4.78 is 0. The number of hydrogen-bond acceptors (Lipinski definition) is 7. The van der Waals surface area contributed by atoms with Gasteiger partial charge in [-0.05, 0) is 31.0 Å². The molecule has 1 aliphatic heterocycles. The third-order valence-electron chi connectivity index (χ3n) is 4.41. The largest absolute Gasteiger partial charge is 0.382 e. The van der Waals surface area contributed by atoms with Gasteiger partial charge in [0, 0.05) is 34.9 Å². The Morgan fingerprint density at radius 2 is 2.07 bits per heavy atom. The number of piperidine rings is 1. The standard InChI is InChI=1S/C18H19Cl2N7O/c19-11-4-12(20)6-14(5-11)23-8-16(28)27-3-1-2-13(9-27)26-18-15(7-21)17(22)24-10-25-18/h4-6,10,13,23H,1-3,8-9H2,(H3,22,24,25,26)/t13-/m0/s1.